The van der Waals surface area contributed by atoms with Gasteiger partial charge in [0.1, 0.15) is 6.04 Å². The highest BCUT2D eigenvalue weighted by molar-refractivity contribution is 5.84. The highest BCUT2D eigenvalue weighted by atomic mass is 16.2. The summed E-state index contributed by atoms with van der Waals surface area (Å²) < 4.78 is 0. The van der Waals surface area contributed by atoms with E-state index < -0.39 is 0 Å². The fraction of sp³-hybridized carbons (Fsp3) is 0.500. The van der Waals surface area contributed by atoms with E-state index in [0.29, 0.717) is 5.92 Å². The number of carbonyl (C=O) groups excluding carboxylic acids is 1. The van der Waals surface area contributed by atoms with Gasteiger partial charge in [0, 0.05) is 12.2 Å². The number of nitrogens with one attached hydrogen (secondary N) is 2. The van der Waals surface area contributed by atoms with E-state index >= 15 is 0 Å². The lowest BCUT2D eigenvalue weighted by molar-refractivity contribution is -0.121. The Labute approximate surface area is 104 Å². The predicted octanol–water partition coefficient (Wildman–Crippen LogP) is 2.57. The lowest BCUT2D eigenvalue weighted by atomic mass is 10.2. The number of aryl methyl sites for hydroxylation is 1. The van der Waals surface area contributed by atoms with E-state index in [4.69, 9.17) is 0 Å². The molecule has 94 valence electrons. The molecule has 0 aromatic heterocycles. The van der Waals surface area contributed by atoms with Crippen molar-refractivity contribution in [2.45, 2.75) is 33.7 Å². The molecule has 0 saturated heterocycles. The third-order valence-corrected chi connectivity index (χ3v) is 2.51. The molecule has 0 aliphatic rings. The van der Waals surface area contributed by atoms with Crippen LogP contribution < -0.4 is 10.6 Å². The number of hydrogen-bond donors (Lipinski definition) is 2. The molecule has 0 spiro atoms. The zero-order chi connectivity index (χ0) is 12.8. The van der Waals surface area contributed by atoms with Gasteiger partial charge < -0.3 is 10.6 Å². The van der Waals surface area contributed by atoms with Crippen molar-refractivity contribution in [1.82, 2.24) is 5.32 Å². The summed E-state index contributed by atoms with van der Waals surface area (Å²) in [6.45, 7) is 8.80. The smallest absolute Gasteiger partial charge is 0.242 e. The van der Waals surface area contributed by atoms with Crippen LogP contribution >= 0.6 is 0 Å². The van der Waals surface area contributed by atoms with Gasteiger partial charge in [-0.3, -0.25) is 4.79 Å². The van der Waals surface area contributed by atoms with Gasteiger partial charge in [0.15, 0.2) is 0 Å². The second-order valence-corrected chi connectivity index (χ2v) is 4.87. The maximum Gasteiger partial charge on any atom is 0.242 e. The summed E-state index contributed by atoms with van der Waals surface area (Å²) in [5.74, 6) is 0.518. The van der Waals surface area contributed by atoms with E-state index in [2.05, 4.69) is 24.5 Å². The molecule has 1 aromatic carbocycles. The van der Waals surface area contributed by atoms with E-state index in [1.807, 2.05) is 38.1 Å². The molecule has 0 aliphatic carbocycles. The van der Waals surface area contributed by atoms with Gasteiger partial charge in [-0.2, -0.15) is 0 Å². The molecular weight excluding hydrogens is 212 g/mol. The van der Waals surface area contributed by atoms with Crippen LogP contribution in [-0.4, -0.2) is 18.5 Å². The molecule has 0 radical (unpaired) electrons. The topological polar surface area (TPSA) is 41.1 Å². The second kappa shape index (κ2) is 6.28. The quantitative estimate of drug-likeness (QED) is 0.822. The van der Waals surface area contributed by atoms with Gasteiger partial charge in [-0.05, 0) is 31.9 Å². The Hall–Kier alpha value is -1.51. The van der Waals surface area contributed by atoms with Crippen LogP contribution in [0, 0.1) is 12.8 Å². The van der Waals surface area contributed by atoms with Crippen LogP contribution in [0.15, 0.2) is 24.3 Å². The van der Waals surface area contributed by atoms with Gasteiger partial charge in [0.2, 0.25) is 5.91 Å². The first kappa shape index (κ1) is 13.6. The zero-order valence-corrected chi connectivity index (χ0v) is 11.1. The van der Waals surface area contributed by atoms with Crippen LogP contribution in [0.1, 0.15) is 26.3 Å². The molecular formula is C14H22N2O. The van der Waals surface area contributed by atoms with E-state index in [-0.39, 0.29) is 11.9 Å². The Morgan fingerprint density at radius 2 is 1.76 bits per heavy atom. The van der Waals surface area contributed by atoms with Crippen molar-refractivity contribution < 1.29 is 4.79 Å². The maximum atomic E-state index is 11.7. The first-order valence-corrected chi connectivity index (χ1v) is 6.10. The van der Waals surface area contributed by atoms with Crippen LogP contribution in [0.5, 0.6) is 0 Å². The van der Waals surface area contributed by atoms with Crippen molar-refractivity contribution in [3.8, 4) is 0 Å². The summed E-state index contributed by atoms with van der Waals surface area (Å²) >= 11 is 0. The van der Waals surface area contributed by atoms with Crippen molar-refractivity contribution >= 4 is 11.6 Å². The minimum atomic E-state index is -0.212. The molecule has 0 heterocycles. The van der Waals surface area contributed by atoms with Gasteiger partial charge >= 0.3 is 0 Å². The highest BCUT2D eigenvalue weighted by Gasteiger charge is 2.12. The Balaban J connectivity index is 2.45. The fourth-order valence-electron chi connectivity index (χ4n) is 1.42. The molecule has 1 unspecified atom stereocenters. The molecule has 1 rings (SSSR count). The molecule has 3 heteroatoms. The third-order valence-electron chi connectivity index (χ3n) is 2.51. The SMILES string of the molecule is Cc1ccc(NC(C)C(=O)NCC(C)C)cc1. The minimum Gasteiger partial charge on any atom is -0.374 e. The fourth-order valence-corrected chi connectivity index (χ4v) is 1.42. The maximum absolute atomic E-state index is 11.7. The lowest BCUT2D eigenvalue weighted by Crippen LogP contribution is -2.39. The highest BCUT2D eigenvalue weighted by Crippen LogP contribution is 2.09. The molecule has 3 nitrogen and oxygen atoms in total. The molecule has 2 N–H and O–H groups in total. The van der Waals surface area contributed by atoms with Crippen molar-refractivity contribution in [3.05, 3.63) is 29.8 Å². The Kier molecular flexibility index (Phi) is 5.01. The number of hydrogen-bond acceptors (Lipinski definition) is 2. The Bertz CT molecular complexity index is 357. The van der Waals surface area contributed by atoms with E-state index in [0.717, 1.165) is 12.2 Å². The molecule has 0 bridgehead atoms. The Morgan fingerprint density at radius 3 is 2.29 bits per heavy atom. The first-order chi connectivity index (χ1) is 7.99. The van der Waals surface area contributed by atoms with Crippen LogP contribution in [0.4, 0.5) is 5.69 Å². The van der Waals surface area contributed by atoms with Crippen molar-refractivity contribution in [3.63, 3.8) is 0 Å². The molecule has 0 saturated carbocycles. The summed E-state index contributed by atoms with van der Waals surface area (Å²) in [6, 6.07) is 7.82. The summed E-state index contributed by atoms with van der Waals surface area (Å²) in [6.07, 6.45) is 0. The molecule has 0 aliphatic heterocycles. The predicted molar refractivity (Wildman–Crippen MR) is 72.1 cm³/mol. The van der Waals surface area contributed by atoms with Gasteiger partial charge in [-0.15, -0.1) is 0 Å². The third kappa shape index (κ3) is 4.89. The average molecular weight is 234 g/mol. The summed E-state index contributed by atoms with van der Waals surface area (Å²) in [4.78, 5) is 11.7. The first-order valence-electron chi connectivity index (χ1n) is 6.10. The van der Waals surface area contributed by atoms with Gasteiger partial charge in [-0.25, -0.2) is 0 Å². The number of rotatable bonds is 5. The molecule has 1 atom stereocenters. The van der Waals surface area contributed by atoms with E-state index in [9.17, 15) is 4.79 Å². The van der Waals surface area contributed by atoms with Crippen molar-refractivity contribution in [1.29, 1.82) is 0 Å². The number of amides is 1. The second-order valence-electron chi connectivity index (χ2n) is 4.87. The van der Waals surface area contributed by atoms with Crippen molar-refractivity contribution in [2.75, 3.05) is 11.9 Å². The van der Waals surface area contributed by atoms with Crippen LogP contribution in [0.2, 0.25) is 0 Å². The van der Waals surface area contributed by atoms with E-state index in [1.165, 1.54) is 5.56 Å². The monoisotopic (exact) mass is 234 g/mol. The molecule has 17 heavy (non-hydrogen) atoms. The number of carbonyl (C=O) groups is 1. The molecule has 1 aromatic rings. The van der Waals surface area contributed by atoms with Crippen LogP contribution in [0.25, 0.3) is 0 Å². The number of benzene rings is 1. The van der Waals surface area contributed by atoms with Gasteiger partial charge in [0.25, 0.3) is 0 Å². The number of anilines is 1. The summed E-state index contributed by atoms with van der Waals surface area (Å²) in [7, 11) is 0. The standard InChI is InChI=1S/C14H22N2O/c1-10(2)9-15-14(17)12(4)16-13-7-5-11(3)6-8-13/h5-8,10,12,16H,9H2,1-4H3,(H,15,17). The normalized spacial score (nSPS) is 12.3. The minimum absolute atomic E-state index is 0.0410. The Morgan fingerprint density at radius 1 is 1.18 bits per heavy atom. The van der Waals surface area contributed by atoms with Crippen LogP contribution in [0.3, 0.4) is 0 Å². The van der Waals surface area contributed by atoms with Gasteiger partial charge in [0.05, 0.1) is 0 Å². The zero-order valence-electron chi connectivity index (χ0n) is 11.1. The average Bonchev–Trinajstić information content (AvgIpc) is 2.28. The van der Waals surface area contributed by atoms with Crippen LogP contribution in [-0.2, 0) is 4.79 Å². The summed E-state index contributed by atoms with van der Waals surface area (Å²) in [5.41, 5.74) is 2.19. The van der Waals surface area contributed by atoms with Gasteiger partial charge in [-0.1, -0.05) is 31.5 Å². The summed E-state index contributed by atoms with van der Waals surface area (Å²) in [5, 5.41) is 6.09. The van der Waals surface area contributed by atoms with Crippen molar-refractivity contribution in [2.24, 2.45) is 5.92 Å². The largest absolute Gasteiger partial charge is 0.374 e. The molecule has 0 fully saturated rings. The van der Waals surface area contributed by atoms with E-state index in [1.54, 1.807) is 0 Å². The lowest BCUT2D eigenvalue weighted by Gasteiger charge is -2.16. The molecule has 1 amide bonds.